The highest BCUT2D eigenvalue weighted by Gasteiger charge is 1.93. The molecule has 0 aliphatic carbocycles. The van der Waals surface area contributed by atoms with Gasteiger partial charge in [0.25, 0.3) is 0 Å². The lowest BCUT2D eigenvalue weighted by atomic mass is 10.3. The maximum absolute atomic E-state index is 3.77. The van der Waals surface area contributed by atoms with Gasteiger partial charge in [-0.25, -0.2) is 9.97 Å². The molecule has 1 aromatic heterocycles. The van der Waals surface area contributed by atoms with E-state index in [1.54, 1.807) is 18.5 Å². The van der Waals surface area contributed by atoms with Crippen LogP contribution in [0.5, 0.6) is 0 Å². The van der Waals surface area contributed by atoms with E-state index in [4.69, 9.17) is 0 Å². The summed E-state index contributed by atoms with van der Waals surface area (Å²) in [6.45, 7) is 6.05. The van der Waals surface area contributed by atoms with Gasteiger partial charge in [0.1, 0.15) is 6.33 Å². The Balaban J connectivity index is 0.000000145. The van der Waals surface area contributed by atoms with Crippen LogP contribution in [-0.2, 0) is 0 Å². The quantitative estimate of drug-likeness (QED) is 0.706. The van der Waals surface area contributed by atoms with E-state index < -0.39 is 0 Å². The zero-order valence-electron chi connectivity index (χ0n) is 7.74. The van der Waals surface area contributed by atoms with Gasteiger partial charge in [0, 0.05) is 18.0 Å². The van der Waals surface area contributed by atoms with Gasteiger partial charge in [0.2, 0.25) is 0 Å². The second-order valence-electron chi connectivity index (χ2n) is 2.83. The minimum atomic E-state index is 0.951. The van der Waals surface area contributed by atoms with Crippen molar-refractivity contribution < 1.29 is 0 Å². The molecule has 1 saturated heterocycles. The topological polar surface area (TPSA) is 37.8 Å². The third kappa shape index (κ3) is 4.38. The lowest BCUT2D eigenvalue weighted by Gasteiger charge is -1.83. The van der Waals surface area contributed by atoms with Crippen LogP contribution in [0, 0.1) is 0 Å². The first kappa shape index (κ1) is 9.86. The lowest BCUT2D eigenvalue weighted by Crippen LogP contribution is -2.03. The predicted octanol–water partition coefficient (Wildman–Crippen LogP) is 1.49. The molecule has 2 heterocycles. The van der Waals surface area contributed by atoms with Gasteiger partial charge in [-0.05, 0) is 25.9 Å². The molecule has 1 aliphatic heterocycles. The fourth-order valence-electron chi connectivity index (χ4n) is 1.04. The SMILES string of the molecule is C1CCNC1.C=Cc1cncnc1. The van der Waals surface area contributed by atoms with Gasteiger partial charge in [-0.2, -0.15) is 0 Å². The van der Waals surface area contributed by atoms with E-state index in [1.165, 1.54) is 32.3 Å². The van der Waals surface area contributed by atoms with Crippen molar-refractivity contribution in [1.29, 1.82) is 0 Å². The third-order valence-corrected chi connectivity index (χ3v) is 1.77. The number of aromatic nitrogens is 2. The van der Waals surface area contributed by atoms with Crippen molar-refractivity contribution in [3.63, 3.8) is 0 Å². The molecule has 1 N–H and O–H groups in total. The summed E-state index contributed by atoms with van der Waals surface area (Å²) in [7, 11) is 0. The molecule has 0 radical (unpaired) electrons. The van der Waals surface area contributed by atoms with Crippen molar-refractivity contribution in [2.75, 3.05) is 13.1 Å². The molecule has 0 saturated carbocycles. The molecule has 0 unspecified atom stereocenters. The molecule has 0 bridgehead atoms. The first-order chi connectivity index (χ1) is 6.43. The largest absolute Gasteiger partial charge is 0.317 e. The summed E-state index contributed by atoms with van der Waals surface area (Å²) in [6.07, 6.45) is 9.40. The highest BCUT2D eigenvalue weighted by atomic mass is 14.9. The Morgan fingerprint density at radius 1 is 1.23 bits per heavy atom. The number of nitrogens with zero attached hydrogens (tertiary/aromatic N) is 2. The van der Waals surface area contributed by atoms with Crippen molar-refractivity contribution in [2.45, 2.75) is 12.8 Å². The standard InChI is InChI=1S/C6H6N2.C4H9N/c1-2-6-3-7-5-8-4-6;1-2-4-5-3-1/h2-5H,1H2;5H,1-4H2. The van der Waals surface area contributed by atoms with Crippen molar-refractivity contribution >= 4 is 6.08 Å². The Morgan fingerprint density at radius 3 is 2.15 bits per heavy atom. The molecule has 2 rings (SSSR count). The number of rotatable bonds is 1. The van der Waals surface area contributed by atoms with E-state index in [0.717, 1.165) is 5.56 Å². The fourth-order valence-corrected chi connectivity index (χ4v) is 1.04. The van der Waals surface area contributed by atoms with Crippen LogP contribution in [0.25, 0.3) is 6.08 Å². The molecule has 1 aromatic rings. The van der Waals surface area contributed by atoms with Gasteiger partial charge in [-0.3, -0.25) is 0 Å². The minimum absolute atomic E-state index is 0.951. The van der Waals surface area contributed by atoms with Crippen LogP contribution in [-0.4, -0.2) is 23.1 Å². The molecule has 3 nitrogen and oxygen atoms in total. The molecule has 13 heavy (non-hydrogen) atoms. The molecule has 1 fully saturated rings. The summed E-state index contributed by atoms with van der Waals surface area (Å²) < 4.78 is 0. The monoisotopic (exact) mass is 177 g/mol. The fraction of sp³-hybridized carbons (Fsp3) is 0.400. The van der Waals surface area contributed by atoms with Gasteiger partial charge in [-0.1, -0.05) is 12.7 Å². The van der Waals surface area contributed by atoms with Crippen molar-refractivity contribution in [1.82, 2.24) is 15.3 Å². The second kappa shape index (κ2) is 6.31. The van der Waals surface area contributed by atoms with Crippen LogP contribution < -0.4 is 5.32 Å². The van der Waals surface area contributed by atoms with E-state index in [9.17, 15) is 0 Å². The molecule has 1 aliphatic rings. The Kier molecular flexibility index (Phi) is 4.79. The number of nitrogens with one attached hydrogen (secondary N) is 1. The molecule has 0 amide bonds. The van der Waals surface area contributed by atoms with Crippen molar-refractivity contribution in [3.8, 4) is 0 Å². The number of hydrogen-bond acceptors (Lipinski definition) is 3. The summed E-state index contributed by atoms with van der Waals surface area (Å²) in [5, 5.41) is 3.22. The van der Waals surface area contributed by atoms with E-state index in [1.807, 2.05) is 0 Å². The van der Waals surface area contributed by atoms with Gasteiger partial charge >= 0.3 is 0 Å². The summed E-state index contributed by atoms with van der Waals surface area (Å²) in [4.78, 5) is 7.55. The lowest BCUT2D eigenvalue weighted by molar-refractivity contribution is 0.857. The summed E-state index contributed by atoms with van der Waals surface area (Å²) >= 11 is 0. The van der Waals surface area contributed by atoms with Gasteiger partial charge in [0.15, 0.2) is 0 Å². The Hall–Kier alpha value is -1.22. The molecule has 0 spiro atoms. The first-order valence-electron chi connectivity index (χ1n) is 4.51. The second-order valence-corrected chi connectivity index (χ2v) is 2.83. The van der Waals surface area contributed by atoms with Crippen LogP contribution in [0.1, 0.15) is 18.4 Å². The van der Waals surface area contributed by atoms with Gasteiger partial charge < -0.3 is 5.32 Å². The van der Waals surface area contributed by atoms with Gasteiger partial charge in [0.05, 0.1) is 0 Å². The van der Waals surface area contributed by atoms with Crippen LogP contribution >= 0.6 is 0 Å². The van der Waals surface area contributed by atoms with E-state index in [0.29, 0.717) is 0 Å². The van der Waals surface area contributed by atoms with E-state index >= 15 is 0 Å². The van der Waals surface area contributed by atoms with Crippen LogP contribution in [0.3, 0.4) is 0 Å². The van der Waals surface area contributed by atoms with E-state index in [-0.39, 0.29) is 0 Å². The van der Waals surface area contributed by atoms with Crippen molar-refractivity contribution in [3.05, 3.63) is 30.9 Å². The Bertz CT molecular complexity index is 222. The highest BCUT2D eigenvalue weighted by Crippen LogP contribution is 1.91. The Labute approximate surface area is 78.9 Å². The summed E-state index contributed by atoms with van der Waals surface area (Å²) in [5.74, 6) is 0. The van der Waals surface area contributed by atoms with Crippen LogP contribution in [0.15, 0.2) is 25.3 Å². The maximum Gasteiger partial charge on any atom is 0.115 e. The summed E-state index contributed by atoms with van der Waals surface area (Å²) in [6, 6.07) is 0. The minimum Gasteiger partial charge on any atom is -0.317 e. The van der Waals surface area contributed by atoms with Crippen LogP contribution in [0.2, 0.25) is 0 Å². The normalized spacial score (nSPS) is 14.5. The first-order valence-corrected chi connectivity index (χ1v) is 4.51. The molecule has 0 aromatic carbocycles. The zero-order valence-corrected chi connectivity index (χ0v) is 7.74. The van der Waals surface area contributed by atoms with Crippen LogP contribution in [0.4, 0.5) is 0 Å². The average molecular weight is 177 g/mol. The smallest absolute Gasteiger partial charge is 0.115 e. The van der Waals surface area contributed by atoms with Gasteiger partial charge in [-0.15, -0.1) is 0 Å². The predicted molar refractivity (Wildman–Crippen MR) is 54.2 cm³/mol. The average Bonchev–Trinajstić information content (AvgIpc) is 2.77. The highest BCUT2D eigenvalue weighted by molar-refractivity contribution is 5.42. The van der Waals surface area contributed by atoms with Crippen molar-refractivity contribution in [2.24, 2.45) is 0 Å². The molecular formula is C10H15N3. The summed E-state index contributed by atoms with van der Waals surface area (Å²) in [5.41, 5.74) is 0.951. The molecule has 3 heteroatoms. The molecular weight excluding hydrogens is 162 g/mol. The third-order valence-electron chi connectivity index (χ3n) is 1.77. The number of hydrogen-bond donors (Lipinski definition) is 1. The molecule has 70 valence electrons. The zero-order chi connectivity index (χ0) is 9.36. The maximum atomic E-state index is 3.77. The van der Waals surface area contributed by atoms with E-state index in [2.05, 4.69) is 21.9 Å². The Morgan fingerprint density at radius 2 is 1.85 bits per heavy atom. The molecule has 0 atom stereocenters.